The first kappa shape index (κ1) is 12.8. The molecule has 2 aromatic rings. The van der Waals surface area contributed by atoms with E-state index in [-0.39, 0.29) is 11.5 Å². The molecule has 0 bridgehead atoms. The Morgan fingerprint density at radius 2 is 1.89 bits per heavy atom. The highest BCUT2D eigenvalue weighted by Gasteiger charge is 2.20. The summed E-state index contributed by atoms with van der Waals surface area (Å²) in [4.78, 5) is 4.37. The van der Waals surface area contributed by atoms with Crippen LogP contribution in [0.1, 0.15) is 44.1 Å². The maximum Gasteiger partial charge on any atom is 0.248 e. The van der Waals surface area contributed by atoms with Gasteiger partial charge in [-0.15, -0.1) is 0 Å². The minimum absolute atomic E-state index is 0.137. The fourth-order valence-electron chi connectivity index (χ4n) is 1.74. The van der Waals surface area contributed by atoms with Crippen LogP contribution in [-0.2, 0) is 6.42 Å². The molecule has 2 rings (SSSR count). The molecule has 2 N–H and O–H groups in total. The van der Waals surface area contributed by atoms with Gasteiger partial charge in [0.1, 0.15) is 6.04 Å². The van der Waals surface area contributed by atoms with Gasteiger partial charge < -0.3 is 10.3 Å². The summed E-state index contributed by atoms with van der Waals surface area (Å²) < 4.78 is 5.24. The van der Waals surface area contributed by atoms with Gasteiger partial charge >= 0.3 is 0 Å². The lowest BCUT2D eigenvalue weighted by atomic mass is 9.92. The lowest BCUT2D eigenvalue weighted by Gasteiger charge is -2.14. The van der Waals surface area contributed by atoms with Crippen LogP contribution < -0.4 is 5.73 Å². The Bertz CT molecular complexity index is 499. The molecule has 4 nitrogen and oxygen atoms in total. The van der Waals surface area contributed by atoms with Crippen LogP contribution in [0.2, 0.25) is 0 Å². The van der Waals surface area contributed by atoms with Gasteiger partial charge in [0, 0.05) is 6.42 Å². The molecule has 1 atom stereocenters. The molecule has 1 unspecified atom stereocenters. The van der Waals surface area contributed by atoms with E-state index in [4.69, 9.17) is 10.3 Å². The van der Waals surface area contributed by atoms with E-state index in [1.807, 2.05) is 30.3 Å². The molecule has 4 heteroatoms. The predicted molar refractivity (Wildman–Crippen MR) is 69.9 cm³/mol. The number of hydrogen-bond acceptors (Lipinski definition) is 4. The number of hydrogen-bond donors (Lipinski definition) is 1. The van der Waals surface area contributed by atoms with Crippen molar-refractivity contribution < 1.29 is 4.52 Å². The lowest BCUT2D eigenvalue weighted by Crippen LogP contribution is -2.13. The van der Waals surface area contributed by atoms with Gasteiger partial charge in [-0.3, -0.25) is 0 Å². The van der Waals surface area contributed by atoms with Crippen LogP contribution in [0.25, 0.3) is 0 Å². The molecule has 18 heavy (non-hydrogen) atoms. The third kappa shape index (κ3) is 3.17. The molecule has 0 saturated heterocycles. The fourth-order valence-corrected chi connectivity index (χ4v) is 1.74. The summed E-state index contributed by atoms with van der Waals surface area (Å²) in [6.07, 6.45) is 0.776. The SMILES string of the molecule is CC(C)(C)Cc1noc(C(N)c2ccccc2)n1. The van der Waals surface area contributed by atoms with Crippen LogP contribution in [0.5, 0.6) is 0 Å². The van der Waals surface area contributed by atoms with Crippen molar-refractivity contribution in [3.05, 3.63) is 47.6 Å². The Balaban J connectivity index is 2.15. The summed E-state index contributed by atoms with van der Waals surface area (Å²) in [6.45, 7) is 6.42. The van der Waals surface area contributed by atoms with Crippen LogP contribution in [-0.4, -0.2) is 10.1 Å². The van der Waals surface area contributed by atoms with Gasteiger partial charge in [0.05, 0.1) is 0 Å². The van der Waals surface area contributed by atoms with Crippen molar-refractivity contribution in [3.63, 3.8) is 0 Å². The van der Waals surface area contributed by atoms with E-state index in [2.05, 4.69) is 30.9 Å². The topological polar surface area (TPSA) is 64.9 Å². The van der Waals surface area contributed by atoms with E-state index in [9.17, 15) is 0 Å². The van der Waals surface area contributed by atoms with Crippen LogP contribution >= 0.6 is 0 Å². The Hall–Kier alpha value is -1.68. The van der Waals surface area contributed by atoms with E-state index in [1.54, 1.807) is 0 Å². The zero-order chi connectivity index (χ0) is 13.2. The van der Waals surface area contributed by atoms with Crippen molar-refractivity contribution in [1.82, 2.24) is 10.1 Å². The molecule has 0 amide bonds. The van der Waals surface area contributed by atoms with Crippen molar-refractivity contribution >= 4 is 0 Å². The van der Waals surface area contributed by atoms with Gasteiger partial charge in [-0.1, -0.05) is 56.3 Å². The van der Waals surface area contributed by atoms with E-state index in [1.165, 1.54) is 0 Å². The van der Waals surface area contributed by atoms with Crippen molar-refractivity contribution in [1.29, 1.82) is 0 Å². The van der Waals surface area contributed by atoms with Crippen molar-refractivity contribution in [2.75, 3.05) is 0 Å². The number of nitrogens with two attached hydrogens (primary N) is 1. The molecule has 0 spiro atoms. The van der Waals surface area contributed by atoms with Crippen LogP contribution in [0.4, 0.5) is 0 Å². The molecule has 0 aliphatic carbocycles. The maximum absolute atomic E-state index is 6.10. The van der Waals surface area contributed by atoms with Gasteiger partial charge in [0.2, 0.25) is 5.89 Å². The first-order valence-electron chi connectivity index (χ1n) is 6.09. The standard InChI is InChI=1S/C14H19N3O/c1-14(2,3)9-11-16-13(18-17-11)12(15)10-7-5-4-6-8-10/h4-8,12H,9,15H2,1-3H3. The lowest BCUT2D eigenvalue weighted by molar-refractivity contribution is 0.348. The monoisotopic (exact) mass is 245 g/mol. The summed E-state index contributed by atoms with van der Waals surface area (Å²) in [5.41, 5.74) is 7.21. The van der Waals surface area contributed by atoms with Gasteiger partial charge in [-0.25, -0.2) is 0 Å². The van der Waals surface area contributed by atoms with E-state index < -0.39 is 0 Å². The Morgan fingerprint density at radius 3 is 2.50 bits per heavy atom. The van der Waals surface area contributed by atoms with Crippen LogP contribution in [0, 0.1) is 5.41 Å². The van der Waals surface area contributed by atoms with E-state index in [0.717, 1.165) is 12.0 Å². The Labute approximate surface area is 107 Å². The molecule has 0 fully saturated rings. The minimum atomic E-state index is -0.354. The third-order valence-electron chi connectivity index (χ3n) is 2.60. The summed E-state index contributed by atoms with van der Waals surface area (Å²) in [7, 11) is 0. The van der Waals surface area contributed by atoms with E-state index >= 15 is 0 Å². The molecule has 0 saturated carbocycles. The number of aromatic nitrogens is 2. The van der Waals surface area contributed by atoms with Gasteiger partial charge in [0.25, 0.3) is 0 Å². The van der Waals surface area contributed by atoms with Gasteiger partial charge in [-0.2, -0.15) is 4.98 Å². The minimum Gasteiger partial charge on any atom is -0.337 e. The molecule has 0 aliphatic rings. The molecule has 0 radical (unpaired) electrons. The zero-order valence-electron chi connectivity index (χ0n) is 11.1. The second kappa shape index (κ2) is 4.90. The van der Waals surface area contributed by atoms with E-state index in [0.29, 0.717) is 11.7 Å². The van der Waals surface area contributed by atoms with Crippen molar-refractivity contribution in [2.24, 2.45) is 11.1 Å². The largest absolute Gasteiger partial charge is 0.337 e. The molecular formula is C14H19N3O. The molecule has 96 valence electrons. The van der Waals surface area contributed by atoms with Crippen LogP contribution in [0.15, 0.2) is 34.9 Å². The highest BCUT2D eigenvalue weighted by molar-refractivity contribution is 5.22. The first-order chi connectivity index (χ1) is 8.46. The van der Waals surface area contributed by atoms with Crippen LogP contribution in [0.3, 0.4) is 0 Å². The number of rotatable bonds is 3. The Kier molecular flexibility index (Phi) is 3.48. The second-order valence-corrected chi connectivity index (χ2v) is 5.67. The third-order valence-corrected chi connectivity index (χ3v) is 2.60. The van der Waals surface area contributed by atoms with Crippen molar-refractivity contribution in [3.8, 4) is 0 Å². The summed E-state index contributed by atoms with van der Waals surface area (Å²) in [5.74, 6) is 1.18. The highest BCUT2D eigenvalue weighted by Crippen LogP contribution is 2.21. The van der Waals surface area contributed by atoms with Gasteiger partial charge in [-0.05, 0) is 11.0 Å². The van der Waals surface area contributed by atoms with Crippen molar-refractivity contribution in [2.45, 2.75) is 33.2 Å². The quantitative estimate of drug-likeness (QED) is 0.903. The summed E-state index contributed by atoms with van der Waals surface area (Å²) in [6, 6.07) is 9.40. The molecule has 1 heterocycles. The average molecular weight is 245 g/mol. The fraction of sp³-hybridized carbons (Fsp3) is 0.429. The first-order valence-corrected chi connectivity index (χ1v) is 6.09. The average Bonchev–Trinajstić information content (AvgIpc) is 2.75. The summed E-state index contributed by atoms with van der Waals surface area (Å²) in [5, 5.41) is 3.98. The second-order valence-electron chi connectivity index (χ2n) is 5.67. The molecule has 1 aromatic heterocycles. The molecule has 0 aliphatic heterocycles. The number of benzene rings is 1. The normalized spacial score (nSPS) is 13.6. The molecular weight excluding hydrogens is 226 g/mol. The molecule has 1 aromatic carbocycles. The van der Waals surface area contributed by atoms with Gasteiger partial charge in [0.15, 0.2) is 5.82 Å². The number of nitrogens with zero attached hydrogens (tertiary/aromatic N) is 2. The highest BCUT2D eigenvalue weighted by atomic mass is 16.5. The Morgan fingerprint density at radius 1 is 1.22 bits per heavy atom. The summed E-state index contributed by atoms with van der Waals surface area (Å²) >= 11 is 0. The maximum atomic E-state index is 6.10. The smallest absolute Gasteiger partial charge is 0.248 e. The predicted octanol–water partition coefficient (Wildman–Crippen LogP) is 2.71. The zero-order valence-corrected chi connectivity index (χ0v) is 11.1.